The van der Waals surface area contributed by atoms with E-state index in [9.17, 15) is 18.0 Å². The van der Waals surface area contributed by atoms with Crippen molar-refractivity contribution in [3.63, 3.8) is 0 Å². The molecule has 1 unspecified atom stereocenters. The van der Waals surface area contributed by atoms with Crippen LogP contribution in [0.4, 0.5) is 5.69 Å². The Bertz CT molecular complexity index is 1360. The number of rotatable bonds is 11. The zero-order valence-corrected chi connectivity index (χ0v) is 24.6. The van der Waals surface area contributed by atoms with Gasteiger partial charge in [0.25, 0.3) is 10.0 Å². The number of anilines is 1. The molecule has 9 heteroatoms. The lowest BCUT2D eigenvalue weighted by atomic mass is 10.1. The third-order valence-corrected chi connectivity index (χ3v) is 8.48. The fourth-order valence-electron chi connectivity index (χ4n) is 4.10. The van der Waals surface area contributed by atoms with Crippen LogP contribution in [-0.4, -0.2) is 44.3 Å². The summed E-state index contributed by atoms with van der Waals surface area (Å²) in [7, 11) is -4.09. The van der Waals surface area contributed by atoms with Gasteiger partial charge < -0.3 is 10.2 Å². The fourth-order valence-corrected chi connectivity index (χ4v) is 5.89. The molecule has 0 aliphatic rings. The van der Waals surface area contributed by atoms with Crippen LogP contribution in [0.2, 0.25) is 0 Å². The van der Waals surface area contributed by atoms with Crippen LogP contribution >= 0.6 is 15.9 Å². The van der Waals surface area contributed by atoms with Gasteiger partial charge >= 0.3 is 0 Å². The first-order valence-electron chi connectivity index (χ1n) is 12.5. The molecule has 3 aromatic rings. The molecule has 7 nitrogen and oxygen atoms in total. The van der Waals surface area contributed by atoms with E-state index < -0.39 is 28.5 Å². The highest BCUT2D eigenvalue weighted by atomic mass is 79.9. The second-order valence-electron chi connectivity index (χ2n) is 9.13. The molecule has 0 fully saturated rings. The number of halogens is 1. The van der Waals surface area contributed by atoms with E-state index in [2.05, 4.69) is 21.2 Å². The molecule has 2 amide bonds. The molecule has 202 valence electrons. The highest BCUT2D eigenvalue weighted by Gasteiger charge is 2.33. The number of nitrogens with one attached hydrogen (secondary N) is 1. The molecule has 0 bridgehead atoms. The molecule has 1 N–H and O–H groups in total. The van der Waals surface area contributed by atoms with Crippen molar-refractivity contribution in [2.45, 2.75) is 51.6 Å². The Hall–Kier alpha value is -3.17. The highest BCUT2D eigenvalue weighted by Crippen LogP contribution is 2.27. The molecule has 0 saturated carbocycles. The van der Waals surface area contributed by atoms with Crippen molar-refractivity contribution in [3.8, 4) is 0 Å². The maximum atomic E-state index is 14.0. The van der Waals surface area contributed by atoms with Crippen molar-refractivity contribution in [1.29, 1.82) is 0 Å². The van der Waals surface area contributed by atoms with Crippen LogP contribution in [0.15, 0.2) is 82.2 Å². The second kappa shape index (κ2) is 13.1. The van der Waals surface area contributed by atoms with Gasteiger partial charge in [0.1, 0.15) is 12.6 Å². The lowest BCUT2D eigenvalue weighted by molar-refractivity contribution is -0.140. The lowest BCUT2D eigenvalue weighted by Gasteiger charge is -2.33. The predicted octanol–water partition coefficient (Wildman–Crippen LogP) is 5.20. The third-order valence-electron chi connectivity index (χ3n) is 6.19. The van der Waals surface area contributed by atoms with Crippen molar-refractivity contribution in [2.24, 2.45) is 0 Å². The minimum Gasteiger partial charge on any atom is -0.355 e. The van der Waals surface area contributed by atoms with Crippen LogP contribution < -0.4 is 9.62 Å². The molecular weight excluding hydrogens is 566 g/mol. The summed E-state index contributed by atoms with van der Waals surface area (Å²) in [6.45, 7) is 7.64. The molecule has 1 atom stereocenters. The Morgan fingerprint density at radius 1 is 0.921 bits per heavy atom. The zero-order chi connectivity index (χ0) is 27.9. The molecule has 0 aliphatic heterocycles. The summed E-state index contributed by atoms with van der Waals surface area (Å²) in [5, 5.41) is 2.81. The van der Waals surface area contributed by atoms with Crippen LogP contribution in [0.1, 0.15) is 37.0 Å². The van der Waals surface area contributed by atoms with Crippen LogP contribution in [-0.2, 0) is 26.2 Å². The van der Waals surface area contributed by atoms with Gasteiger partial charge in [-0.1, -0.05) is 76.4 Å². The van der Waals surface area contributed by atoms with E-state index in [1.165, 1.54) is 17.0 Å². The van der Waals surface area contributed by atoms with Gasteiger partial charge in [0.2, 0.25) is 11.8 Å². The summed E-state index contributed by atoms with van der Waals surface area (Å²) in [4.78, 5) is 28.5. The Morgan fingerprint density at radius 3 is 2.08 bits per heavy atom. The molecule has 0 radical (unpaired) electrons. The Balaban J connectivity index is 2.05. The van der Waals surface area contributed by atoms with Gasteiger partial charge in [-0.2, -0.15) is 0 Å². The van der Waals surface area contributed by atoms with Gasteiger partial charge in [-0.15, -0.1) is 0 Å². The smallest absolute Gasteiger partial charge is 0.264 e. The number of carbonyl (C=O) groups excluding carboxylic acids is 2. The summed E-state index contributed by atoms with van der Waals surface area (Å²) in [5.41, 5.74) is 3.19. The molecule has 3 rings (SSSR count). The van der Waals surface area contributed by atoms with Crippen LogP contribution in [0.25, 0.3) is 0 Å². The zero-order valence-electron chi connectivity index (χ0n) is 22.1. The molecule has 3 aromatic carbocycles. The molecule has 0 aromatic heterocycles. The van der Waals surface area contributed by atoms with Crippen LogP contribution in [0.3, 0.4) is 0 Å². The van der Waals surface area contributed by atoms with E-state index in [-0.39, 0.29) is 17.3 Å². The largest absolute Gasteiger partial charge is 0.355 e. The third kappa shape index (κ3) is 7.23. The topological polar surface area (TPSA) is 86.8 Å². The summed E-state index contributed by atoms with van der Waals surface area (Å²) >= 11 is 3.41. The molecule has 0 heterocycles. The summed E-state index contributed by atoms with van der Waals surface area (Å²) < 4.78 is 29.5. The molecular formula is C29H34BrN3O4S. The number of aryl methyl sites for hydroxylation is 2. The number of nitrogens with zero attached hydrogens (tertiary/aromatic N) is 2. The van der Waals surface area contributed by atoms with Crippen LogP contribution in [0, 0.1) is 13.8 Å². The molecule has 0 spiro atoms. The standard InChI is InChI=1S/C29H34BrN3O4S/c1-5-27(29(35)31-6-2)32(19-23-14-10-21(3)11-15-23)28(34)20-33(25-9-7-8-24(30)18-25)38(36,37)26-16-12-22(4)13-17-26/h7-18,27H,5-6,19-20H2,1-4H3,(H,31,35). The first kappa shape index (κ1) is 29.4. The van der Waals surface area contributed by atoms with Crippen molar-refractivity contribution in [1.82, 2.24) is 10.2 Å². The van der Waals surface area contributed by atoms with E-state index in [0.29, 0.717) is 23.1 Å². The highest BCUT2D eigenvalue weighted by molar-refractivity contribution is 9.10. The maximum absolute atomic E-state index is 14.0. The minimum atomic E-state index is -4.09. The fraction of sp³-hybridized carbons (Fsp3) is 0.310. The van der Waals surface area contributed by atoms with Crippen molar-refractivity contribution in [2.75, 3.05) is 17.4 Å². The minimum absolute atomic E-state index is 0.0803. The van der Waals surface area contributed by atoms with Gasteiger partial charge in [0, 0.05) is 17.6 Å². The summed E-state index contributed by atoms with van der Waals surface area (Å²) in [5.74, 6) is -0.745. The van der Waals surface area contributed by atoms with E-state index in [4.69, 9.17) is 0 Å². The lowest BCUT2D eigenvalue weighted by Crippen LogP contribution is -2.52. The van der Waals surface area contributed by atoms with Gasteiger partial charge in [-0.25, -0.2) is 8.42 Å². The normalized spacial score (nSPS) is 12.0. The van der Waals surface area contributed by atoms with Gasteiger partial charge in [0.15, 0.2) is 0 Å². The number of amides is 2. The van der Waals surface area contributed by atoms with E-state index >= 15 is 0 Å². The predicted molar refractivity (Wildman–Crippen MR) is 154 cm³/mol. The SMILES string of the molecule is CCNC(=O)C(CC)N(Cc1ccc(C)cc1)C(=O)CN(c1cccc(Br)c1)S(=O)(=O)c1ccc(C)cc1. The monoisotopic (exact) mass is 599 g/mol. The maximum Gasteiger partial charge on any atom is 0.264 e. The van der Waals surface area contributed by atoms with Gasteiger partial charge in [0.05, 0.1) is 10.6 Å². The summed E-state index contributed by atoms with van der Waals surface area (Å²) in [6.07, 6.45) is 0.380. The quantitative estimate of drug-likeness (QED) is 0.328. The number of hydrogen-bond acceptors (Lipinski definition) is 4. The number of carbonyl (C=O) groups is 2. The van der Waals surface area contributed by atoms with Gasteiger partial charge in [-0.05, 0) is 63.1 Å². The average Bonchev–Trinajstić information content (AvgIpc) is 2.88. The average molecular weight is 601 g/mol. The Morgan fingerprint density at radius 2 is 1.53 bits per heavy atom. The Labute approximate surface area is 234 Å². The Kier molecular flexibility index (Phi) is 10.1. The van der Waals surface area contributed by atoms with E-state index in [1.54, 1.807) is 36.4 Å². The summed E-state index contributed by atoms with van der Waals surface area (Å²) in [6, 6.07) is 20.3. The van der Waals surface area contributed by atoms with Crippen molar-refractivity contribution in [3.05, 3.63) is 94.0 Å². The number of sulfonamides is 1. The van der Waals surface area contributed by atoms with Gasteiger partial charge in [-0.3, -0.25) is 13.9 Å². The van der Waals surface area contributed by atoms with Crippen molar-refractivity contribution >= 4 is 43.5 Å². The molecule has 0 saturated heterocycles. The first-order valence-corrected chi connectivity index (χ1v) is 14.8. The number of hydrogen-bond donors (Lipinski definition) is 1. The van der Waals surface area contributed by atoms with Crippen LogP contribution in [0.5, 0.6) is 0 Å². The number of likely N-dealkylation sites (N-methyl/N-ethyl adjacent to an activating group) is 1. The molecule has 0 aliphatic carbocycles. The molecule has 38 heavy (non-hydrogen) atoms. The number of benzene rings is 3. The van der Waals surface area contributed by atoms with E-state index in [1.807, 2.05) is 52.0 Å². The first-order chi connectivity index (χ1) is 18.1. The van der Waals surface area contributed by atoms with Crippen molar-refractivity contribution < 1.29 is 18.0 Å². The second-order valence-corrected chi connectivity index (χ2v) is 11.9. The van der Waals surface area contributed by atoms with E-state index in [0.717, 1.165) is 21.0 Å².